The molecule has 1 aliphatic carbocycles. The molecule has 1 saturated carbocycles. The number of carboxylic acid groups (broad SMARTS) is 1. The molecular weight excluding hydrogens is 239 g/mol. The maximum Gasteiger partial charge on any atom is 0.412 e. The van der Waals surface area contributed by atoms with Crippen LogP contribution in [0.3, 0.4) is 0 Å². The highest BCUT2D eigenvalue weighted by Gasteiger charge is 2.51. The molecule has 1 aliphatic rings. The molecule has 1 rings (SSSR count). The molecule has 1 unspecified atom stereocenters. The Kier molecular flexibility index (Phi) is 3.22. The van der Waals surface area contributed by atoms with Crippen LogP contribution < -0.4 is 5.32 Å². The summed E-state index contributed by atoms with van der Waals surface area (Å²) in [6.07, 6.45) is -4.67. The minimum Gasteiger partial charge on any atom is -0.477 e. The number of allylic oxidation sites excluding steroid dienone is 1. The summed E-state index contributed by atoms with van der Waals surface area (Å²) in [5, 5.41) is 10.3. The summed E-state index contributed by atoms with van der Waals surface area (Å²) >= 11 is 0. The van der Waals surface area contributed by atoms with Crippen LogP contribution in [0.1, 0.15) is 20.3 Å². The van der Waals surface area contributed by atoms with Gasteiger partial charge in [-0.05, 0) is 11.8 Å². The Balaban J connectivity index is 2.73. The number of nitrogens with one attached hydrogen (secondary N) is 1. The van der Waals surface area contributed by atoms with Crippen LogP contribution in [0.5, 0.6) is 0 Å². The van der Waals surface area contributed by atoms with Gasteiger partial charge in [0.25, 0.3) is 0 Å². The fraction of sp³-hybridized carbons (Fsp3) is 0.600. The van der Waals surface area contributed by atoms with Gasteiger partial charge in [-0.15, -0.1) is 0 Å². The third-order valence-electron chi connectivity index (χ3n) is 2.63. The highest BCUT2D eigenvalue weighted by molar-refractivity contribution is 5.94. The van der Waals surface area contributed by atoms with Gasteiger partial charge in [0.2, 0.25) is 5.91 Å². The van der Waals surface area contributed by atoms with Gasteiger partial charge in [0.05, 0.1) is 6.08 Å². The molecule has 1 atom stereocenters. The minimum absolute atomic E-state index is 0.272. The molecule has 7 heteroatoms. The SMILES string of the molecule is CC1(C)CC1C(=O)NC(=CC(F)(F)F)C(=O)O. The summed E-state index contributed by atoms with van der Waals surface area (Å²) in [4.78, 5) is 22.0. The maximum atomic E-state index is 12.0. The Hall–Kier alpha value is -1.53. The first-order valence-corrected chi connectivity index (χ1v) is 4.87. The Bertz CT molecular complexity index is 385. The summed E-state index contributed by atoms with van der Waals surface area (Å²) in [6.45, 7) is 3.57. The molecule has 96 valence electrons. The van der Waals surface area contributed by atoms with Gasteiger partial charge in [-0.25, -0.2) is 4.79 Å². The Labute approximate surface area is 95.5 Å². The minimum atomic E-state index is -4.78. The van der Waals surface area contributed by atoms with E-state index in [1.165, 1.54) is 0 Å². The average molecular weight is 251 g/mol. The van der Waals surface area contributed by atoms with Crippen molar-refractivity contribution in [2.45, 2.75) is 26.4 Å². The number of alkyl halides is 3. The van der Waals surface area contributed by atoms with Gasteiger partial charge in [0.1, 0.15) is 5.70 Å². The normalized spacial score (nSPS) is 23.1. The molecule has 0 radical (unpaired) electrons. The Morgan fingerprint density at radius 1 is 1.41 bits per heavy atom. The first-order valence-electron chi connectivity index (χ1n) is 4.87. The van der Waals surface area contributed by atoms with Crippen LogP contribution >= 0.6 is 0 Å². The second-order valence-corrected chi connectivity index (χ2v) is 4.64. The molecule has 0 heterocycles. The fourth-order valence-electron chi connectivity index (χ4n) is 1.45. The molecule has 0 spiro atoms. The summed E-state index contributed by atoms with van der Waals surface area (Å²) < 4.78 is 36.0. The van der Waals surface area contributed by atoms with Gasteiger partial charge >= 0.3 is 12.1 Å². The molecule has 0 bridgehead atoms. The summed E-state index contributed by atoms with van der Waals surface area (Å²) in [6, 6.07) is 0. The number of amides is 1. The number of halogens is 3. The van der Waals surface area contributed by atoms with Gasteiger partial charge < -0.3 is 10.4 Å². The van der Waals surface area contributed by atoms with Gasteiger partial charge in [-0.3, -0.25) is 4.79 Å². The number of carbonyl (C=O) groups excluding carboxylic acids is 1. The molecule has 0 aromatic rings. The van der Waals surface area contributed by atoms with E-state index in [1.807, 2.05) is 0 Å². The standard InChI is InChI=1S/C10H12F3NO3/c1-9(2)3-5(9)7(15)14-6(8(16)17)4-10(11,12)13/h4-5H,3H2,1-2H3,(H,14,15)(H,16,17). The monoisotopic (exact) mass is 251 g/mol. The smallest absolute Gasteiger partial charge is 0.412 e. The lowest BCUT2D eigenvalue weighted by atomic mass is 10.1. The molecular formula is C10H12F3NO3. The summed E-state index contributed by atoms with van der Waals surface area (Å²) in [5.41, 5.74) is -1.42. The topological polar surface area (TPSA) is 66.4 Å². The second kappa shape index (κ2) is 4.05. The number of hydrogen-bond donors (Lipinski definition) is 2. The van der Waals surface area contributed by atoms with E-state index in [0.29, 0.717) is 6.42 Å². The van der Waals surface area contributed by atoms with Gasteiger partial charge in [-0.1, -0.05) is 13.8 Å². The van der Waals surface area contributed by atoms with E-state index in [1.54, 1.807) is 19.2 Å². The van der Waals surface area contributed by atoms with E-state index >= 15 is 0 Å². The molecule has 0 saturated heterocycles. The highest BCUT2D eigenvalue weighted by Crippen LogP contribution is 2.51. The molecule has 1 fully saturated rings. The second-order valence-electron chi connectivity index (χ2n) is 4.64. The van der Waals surface area contributed by atoms with Crippen molar-refractivity contribution in [1.82, 2.24) is 5.32 Å². The lowest BCUT2D eigenvalue weighted by Crippen LogP contribution is -2.31. The van der Waals surface area contributed by atoms with Crippen molar-refractivity contribution in [2.24, 2.45) is 11.3 Å². The molecule has 0 aliphatic heterocycles. The predicted octanol–water partition coefficient (Wildman–Crippen LogP) is 1.68. The lowest BCUT2D eigenvalue weighted by molar-refractivity contribution is -0.136. The van der Waals surface area contributed by atoms with Crippen molar-refractivity contribution in [3.63, 3.8) is 0 Å². The van der Waals surface area contributed by atoms with Gasteiger partial charge in [0, 0.05) is 5.92 Å². The first kappa shape index (κ1) is 13.5. The Morgan fingerprint density at radius 2 is 1.88 bits per heavy atom. The molecule has 0 aromatic carbocycles. The van der Waals surface area contributed by atoms with Crippen LogP contribution in [0.4, 0.5) is 13.2 Å². The average Bonchev–Trinajstić information content (AvgIpc) is 2.71. The van der Waals surface area contributed by atoms with Crippen LogP contribution in [-0.4, -0.2) is 23.2 Å². The maximum absolute atomic E-state index is 12.0. The molecule has 1 amide bonds. The van der Waals surface area contributed by atoms with Crippen LogP contribution in [0.2, 0.25) is 0 Å². The number of carboxylic acids is 1. The van der Waals surface area contributed by atoms with Crippen LogP contribution in [0.25, 0.3) is 0 Å². The molecule has 17 heavy (non-hydrogen) atoms. The first-order chi connectivity index (χ1) is 7.53. The number of rotatable bonds is 3. The van der Waals surface area contributed by atoms with E-state index in [9.17, 15) is 22.8 Å². The molecule has 4 nitrogen and oxygen atoms in total. The zero-order valence-corrected chi connectivity index (χ0v) is 9.26. The third-order valence-corrected chi connectivity index (χ3v) is 2.63. The van der Waals surface area contributed by atoms with Gasteiger partial charge in [-0.2, -0.15) is 13.2 Å². The number of carbonyl (C=O) groups is 2. The highest BCUT2D eigenvalue weighted by atomic mass is 19.4. The van der Waals surface area contributed by atoms with Crippen molar-refractivity contribution in [3.8, 4) is 0 Å². The van der Waals surface area contributed by atoms with Crippen molar-refractivity contribution in [3.05, 3.63) is 11.8 Å². The number of hydrogen-bond acceptors (Lipinski definition) is 2. The molecule has 0 aromatic heterocycles. The number of aliphatic carboxylic acids is 1. The summed E-state index contributed by atoms with van der Waals surface area (Å²) in [7, 11) is 0. The molecule has 2 N–H and O–H groups in total. The van der Waals surface area contributed by atoms with Crippen LogP contribution in [-0.2, 0) is 9.59 Å². The zero-order chi connectivity index (χ0) is 13.4. The fourth-order valence-corrected chi connectivity index (χ4v) is 1.45. The van der Waals surface area contributed by atoms with Crippen LogP contribution in [0.15, 0.2) is 11.8 Å². The van der Waals surface area contributed by atoms with E-state index in [0.717, 1.165) is 0 Å². The van der Waals surface area contributed by atoms with E-state index < -0.39 is 35.7 Å². The van der Waals surface area contributed by atoms with Crippen molar-refractivity contribution in [1.29, 1.82) is 0 Å². The largest absolute Gasteiger partial charge is 0.477 e. The van der Waals surface area contributed by atoms with Crippen LogP contribution in [0, 0.1) is 11.3 Å². The van der Waals surface area contributed by atoms with E-state index in [4.69, 9.17) is 5.11 Å². The van der Waals surface area contributed by atoms with Crippen molar-refractivity contribution in [2.75, 3.05) is 0 Å². The van der Waals surface area contributed by atoms with Gasteiger partial charge in [0.15, 0.2) is 0 Å². The van der Waals surface area contributed by atoms with Crippen molar-refractivity contribution < 1.29 is 27.9 Å². The lowest BCUT2D eigenvalue weighted by Gasteiger charge is -2.08. The predicted molar refractivity (Wildman–Crippen MR) is 51.8 cm³/mol. The van der Waals surface area contributed by atoms with E-state index in [-0.39, 0.29) is 5.41 Å². The quantitative estimate of drug-likeness (QED) is 0.750. The van der Waals surface area contributed by atoms with E-state index in [2.05, 4.69) is 0 Å². The zero-order valence-electron chi connectivity index (χ0n) is 9.26. The third kappa shape index (κ3) is 3.76. The van der Waals surface area contributed by atoms with Crippen molar-refractivity contribution >= 4 is 11.9 Å². The Morgan fingerprint density at radius 3 is 2.18 bits per heavy atom. The summed E-state index contributed by atoms with van der Waals surface area (Å²) in [5.74, 6) is -2.93.